The van der Waals surface area contributed by atoms with Crippen LogP contribution in [-0.4, -0.2) is 59.4 Å². The van der Waals surface area contributed by atoms with Crippen LogP contribution in [0.25, 0.3) is 10.8 Å². The third-order valence-electron chi connectivity index (χ3n) is 8.40. The molecule has 4 nitrogen and oxygen atoms in total. The largest absolute Gasteiger partial charge is 0.341 e. The van der Waals surface area contributed by atoms with Gasteiger partial charge in [0.2, 0.25) is 0 Å². The van der Waals surface area contributed by atoms with E-state index in [-0.39, 0.29) is 11.8 Å². The number of piperidine rings is 1. The highest BCUT2D eigenvalue weighted by atomic mass is 35.5. The molecule has 0 N–H and O–H groups in total. The minimum atomic E-state index is -0.993. The number of hydrogen-bond donors (Lipinski definition) is 0. The summed E-state index contributed by atoms with van der Waals surface area (Å²) in [5.74, 6) is 0.375. The first-order valence-electron chi connectivity index (χ1n) is 14.2. The Morgan fingerprint density at radius 1 is 0.929 bits per heavy atom. The molecule has 1 aliphatic heterocycles. The quantitative estimate of drug-likeness (QED) is 0.184. The summed E-state index contributed by atoms with van der Waals surface area (Å²) >= 11 is 19.3. The summed E-state index contributed by atoms with van der Waals surface area (Å²) in [6.07, 6.45) is 4.68. The average Bonchev–Trinajstić information content (AvgIpc) is 3.00. The predicted molar refractivity (Wildman–Crippen MR) is 177 cm³/mol. The normalized spacial score (nSPS) is 15.9. The van der Waals surface area contributed by atoms with E-state index in [9.17, 15) is 9.00 Å². The SMILES string of the molecule is CN(CC(CCN1CCC(c2ccccc2[S@](C)=O)CC1)c1ccc(Cl)c(Cl)c1)C(=O)c1c(Cl)ccc2ccccc12. The van der Waals surface area contributed by atoms with Crippen LogP contribution in [0.5, 0.6) is 0 Å². The number of likely N-dealkylation sites (N-methyl/N-ethyl adjacent to an activating group) is 1. The van der Waals surface area contributed by atoms with Crippen LogP contribution in [0.4, 0.5) is 0 Å². The fraction of sp³-hybridized carbons (Fsp3) is 0.324. The maximum absolute atomic E-state index is 13.8. The molecule has 0 aromatic heterocycles. The molecule has 1 aliphatic rings. The second-order valence-electron chi connectivity index (χ2n) is 11.1. The van der Waals surface area contributed by atoms with Crippen molar-refractivity contribution in [2.24, 2.45) is 0 Å². The van der Waals surface area contributed by atoms with Gasteiger partial charge >= 0.3 is 0 Å². The number of carbonyl (C=O) groups excluding carboxylic acids is 1. The minimum Gasteiger partial charge on any atom is -0.341 e. The number of hydrogen-bond acceptors (Lipinski definition) is 3. The summed E-state index contributed by atoms with van der Waals surface area (Å²) in [4.78, 5) is 19.0. The molecule has 42 heavy (non-hydrogen) atoms. The van der Waals surface area contributed by atoms with Gasteiger partial charge in [-0.05, 0) is 91.0 Å². The van der Waals surface area contributed by atoms with Crippen LogP contribution in [0.3, 0.4) is 0 Å². The van der Waals surface area contributed by atoms with E-state index in [1.807, 2.05) is 73.8 Å². The van der Waals surface area contributed by atoms with Crippen molar-refractivity contribution in [3.63, 3.8) is 0 Å². The van der Waals surface area contributed by atoms with E-state index in [4.69, 9.17) is 34.8 Å². The Morgan fingerprint density at radius 2 is 1.62 bits per heavy atom. The average molecular weight is 642 g/mol. The Balaban J connectivity index is 1.30. The zero-order valence-electron chi connectivity index (χ0n) is 23.9. The van der Waals surface area contributed by atoms with Crippen molar-refractivity contribution in [3.05, 3.63) is 111 Å². The molecule has 220 valence electrons. The molecule has 1 amide bonds. The number of halogens is 3. The van der Waals surface area contributed by atoms with E-state index in [1.54, 1.807) is 17.2 Å². The van der Waals surface area contributed by atoms with Gasteiger partial charge < -0.3 is 9.80 Å². The first kappa shape index (κ1) is 31.0. The van der Waals surface area contributed by atoms with Gasteiger partial charge in [-0.25, -0.2) is 0 Å². The second kappa shape index (κ2) is 13.9. The van der Waals surface area contributed by atoms with Gasteiger partial charge in [0.15, 0.2) is 0 Å². The number of amides is 1. The van der Waals surface area contributed by atoms with Crippen LogP contribution in [0.1, 0.15) is 52.6 Å². The lowest BCUT2D eigenvalue weighted by Gasteiger charge is -2.34. The summed E-state index contributed by atoms with van der Waals surface area (Å²) in [6.45, 7) is 3.37. The molecular formula is C34H35Cl3N2O2S. The van der Waals surface area contributed by atoms with Gasteiger partial charge in [0.05, 0.1) is 31.4 Å². The van der Waals surface area contributed by atoms with Crippen molar-refractivity contribution in [2.75, 3.05) is 39.5 Å². The summed E-state index contributed by atoms with van der Waals surface area (Å²) < 4.78 is 12.3. The molecule has 4 aromatic rings. The molecule has 1 heterocycles. The zero-order valence-corrected chi connectivity index (χ0v) is 26.9. The molecule has 1 saturated heterocycles. The van der Waals surface area contributed by atoms with Gasteiger partial charge in [0.1, 0.15) is 0 Å². The van der Waals surface area contributed by atoms with Crippen LogP contribution in [0, 0.1) is 0 Å². The summed E-state index contributed by atoms with van der Waals surface area (Å²) in [5, 5.41) is 3.31. The van der Waals surface area contributed by atoms with Gasteiger partial charge in [-0.15, -0.1) is 0 Å². The number of carbonyl (C=O) groups is 1. The summed E-state index contributed by atoms with van der Waals surface area (Å²) in [7, 11) is 0.846. The van der Waals surface area contributed by atoms with Crippen LogP contribution in [0.2, 0.25) is 15.1 Å². The van der Waals surface area contributed by atoms with Crippen molar-refractivity contribution < 1.29 is 9.00 Å². The Kier molecular flexibility index (Phi) is 10.3. The van der Waals surface area contributed by atoms with Crippen LogP contribution >= 0.6 is 34.8 Å². The van der Waals surface area contributed by atoms with E-state index >= 15 is 0 Å². The second-order valence-corrected chi connectivity index (χ2v) is 13.7. The number of likely N-dealkylation sites (tertiary alicyclic amines) is 1. The molecule has 0 radical (unpaired) electrons. The molecule has 2 atom stereocenters. The lowest BCUT2D eigenvalue weighted by Crippen LogP contribution is -2.36. The van der Waals surface area contributed by atoms with Crippen molar-refractivity contribution in [2.45, 2.75) is 36.0 Å². The molecule has 5 rings (SSSR count). The van der Waals surface area contributed by atoms with Gasteiger partial charge in [-0.2, -0.15) is 0 Å². The fourth-order valence-corrected chi connectivity index (χ4v) is 7.47. The van der Waals surface area contributed by atoms with Crippen molar-refractivity contribution in [3.8, 4) is 0 Å². The molecule has 1 fully saturated rings. The number of rotatable bonds is 9. The van der Waals surface area contributed by atoms with Gasteiger partial charge in [-0.1, -0.05) is 89.4 Å². The first-order chi connectivity index (χ1) is 20.2. The highest BCUT2D eigenvalue weighted by molar-refractivity contribution is 7.84. The minimum absolute atomic E-state index is 0.0587. The van der Waals surface area contributed by atoms with Gasteiger partial charge in [0, 0.05) is 30.7 Å². The van der Waals surface area contributed by atoms with Crippen molar-refractivity contribution >= 4 is 62.3 Å². The maximum Gasteiger partial charge on any atom is 0.255 e. The predicted octanol–water partition coefficient (Wildman–Crippen LogP) is 8.66. The highest BCUT2D eigenvalue weighted by Crippen LogP contribution is 2.34. The molecule has 0 aliphatic carbocycles. The van der Waals surface area contributed by atoms with E-state index < -0.39 is 10.8 Å². The van der Waals surface area contributed by atoms with Crippen LogP contribution in [0.15, 0.2) is 83.8 Å². The molecular weight excluding hydrogens is 607 g/mol. The van der Waals surface area contributed by atoms with Crippen molar-refractivity contribution in [1.29, 1.82) is 0 Å². The Labute approximate surface area is 266 Å². The van der Waals surface area contributed by atoms with E-state index in [0.717, 1.165) is 60.1 Å². The highest BCUT2D eigenvalue weighted by Gasteiger charge is 2.26. The molecule has 1 unspecified atom stereocenters. The molecule has 0 saturated carbocycles. The molecule has 0 bridgehead atoms. The van der Waals surface area contributed by atoms with E-state index in [2.05, 4.69) is 11.0 Å². The summed E-state index contributed by atoms with van der Waals surface area (Å²) in [5.41, 5.74) is 2.81. The monoisotopic (exact) mass is 640 g/mol. The molecule has 4 aromatic carbocycles. The van der Waals surface area contributed by atoms with Gasteiger partial charge in [0.25, 0.3) is 5.91 Å². The lowest BCUT2D eigenvalue weighted by molar-refractivity contribution is 0.0784. The number of fused-ring (bicyclic) bond motifs is 1. The fourth-order valence-electron chi connectivity index (χ4n) is 6.08. The third kappa shape index (κ3) is 7.03. The summed E-state index contributed by atoms with van der Waals surface area (Å²) in [6, 6.07) is 25.4. The van der Waals surface area contributed by atoms with E-state index in [0.29, 0.717) is 33.1 Å². The standard InChI is InChI=1S/C34H35Cl3N2O2S/c1-38(34(40)33-28-9-4-3-7-23(28)11-14-30(33)36)22-26(25-12-13-29(35)31(37)21-25)17-20-39-18-15-24(16-19-39)27-8-5-6-10-32(27)42(2)41/h3-14,21,24,26H,15-20,22H2,1-2H3/t26?,42-/m0/s1. The zero-order chi connectivity index (χ0) is 29.8. The molecule has 8 heteroatoms. The maximum atomic E-state index is 13.8. The van der Waals surface area contributed by atoms with E-state index in [1.165, 1.54) is 5.56 Å². The number of benzene rings is 4. The number of nitrogens with zero attached hydrogens (tertiary/aromatic N) is 2. The van der Waals surface area contributed by atoms with Gasteiger partial charge in [-0.3, -0.25) is 9.00 Å². The Bertz CT molecular complexity index is 1600. The first-order valence-corrected chi connectivity index (χ1v) is 16.9. The van der Waals surface area contributed by atoms with Crippen LogP contribution < -0.4 is 0 Å². The lowest BCUT2D eigenvalue weighted by atomic mass is 9.88. The smallest absolute Gasteiger partial charge is 0.255 e. The molecule has 0 spiro atoms. The Morgan fingerprint density at radius 3 is 2.36 bits per heavy atom. The third-order valence-corrected chi connectivity index (χ3v) is 10.4. The van der Waals surface area contributed by atoms with Crippen molar-refractivity contribution in [1.82, 2.24) is 9.80 Å². The van der Waals surface area contributed by atoms with Crippen LogP contribution in [-0.2, 0) is 10.8 Å². The topological polar surface area (TPSA) is 40.6 Å². The Hall–Kier alpha value is -2.41.